The van der Waals surface area contributed by atoms with Gasteiger partial charge in [-0.1, -0.05) is 84.9 Å². The molecule has 1 aliphatic rings. The molecule has 4 aromatic rings. The third-order valence-corrected chi connectivity index (χ3v) is 6.72. The molecule has 198 valence electrons. The highest BCUT2D eigenvalue weighted by Crippen LogP contribution is 2.32. The van der Waals surface area contributed by atoms with E-state index in [9.17, 15) is 9.59 Å². The Morgan fingerprint density at radius 3 is 1.90 bits per heavy atom. The molecule has 5 rings (SSSR count). The Bertz CT molecular complexity index is 1350. The molecule has 0 spiro atoms. The number of nitrogens with two attached hydrogens (primary N) is 1. The normalized spacial score (nSPS) is 15.4. The molecular formula is C32H30N2O5. The van der Waals surface area contributed by atoms with Crippen LogP contribution in [0.4, 0.5) is 0 Å². The number of β-lactam (4-membered cyclic amide) rings is 1. The Morgan fingerprint density at radius 2 is 1.38 bits per heavy atom. The Balaban J connectivity index is 1.34. The van der Waals surface area contributed by atoms with Crippen molar-refractivity contribution in [2.75, 3.05) is 13.7 Å². The second-order valence-electron chi connectivity index (χ2n) is 9.34. The van der Waals surface area contributed by atoms with Gasteiger partial charge in [-0.2, -0.15) is 0 Å². The number of hydrogen-bond donors (Lipinski definition) is 1. The summed E-state index contributed by atoms with van der Waals surface area (Å²) in [5.74, 6) is 0.543. The second kappa shape index (κ2) is 11.8. The molecular weight excluding hydrogens is 492 g/mol. The average Bonchev–Trinajstić information content (AvgIpc) is 3.00. The lowest BCUT2D eigenvalue weighted by atomic mass is 9.98. The fourth-order valence-electron chi connectivity index (χ4n) is 4.56. The van der Waals surface area contributed by atoms with Gasteiger partial charge in [-0.15, -0.1) is 0 Å². The topological polar surface area (TPSA) is 91.1 Å². The third-order valence-electron chi connectivity index (χ3n) is 6.72. The summed E-state index contributed by atoms with van der Waals surface area (Å²) in [4.78, 5) is 27.2. The first-order valence-corrected chi connectivity index (χ1v) is 12.8. The Kier molecular flexibility index (Phi) is 7.89. The van der Waals surface area contributed by atoms with Gasteiger partial charge in [0.1, 0.15) is 30.3 Å². The van der Waals surface area contributed by atoms with Crippen molar-refractivity contribution < 1.29 is 23.8 Å². The maximum absolute atomic E-state index is 13.2. The summed E-state index contributed by atoms with van der Waals surface area (Å²) >= 11 is 0. The van der Waals surface area contributed by atoms with Crippen LogP contribution in [0.2, 0.25) is 0 Å². The number of benzene rings is 4. The molecule has 1 aliphatic heterocycles. The van der Waals surface area contributed by atoms with Crippen LogP contribution in [-0.4, -0.2) is 36.5 Å². The number of carbonyl (C=O) groups is 2. The molecule has 0 bridgehead atoms. The van der Waals surface area contributed by atoms with Crippen LogP contribution in [0.5, 0.6) is 11.5 Å². The summed E-state index contributed by atoms with van der Waals surface area (Å²) in [5, 5.41) is 0. The summed E-state index contributed by atoms with van der Waals surface area (Å²) in [6.45, 7) is 0.355. The number of carbonyl (C=O) groups excluding carboxylic acids is 2. The predicted octanol–water partition coefficient (Wildman–Crippen LogP) is 4.82. The zero-order chi connectivity index (χ0) is 27.2. The number of amides is 1. The molecule has 0 aromatic heterocycles. The predicted molar refractivity (Wildman–Crippen MR) is 147 cm³/mol. The molecule has 2 unspecified atom stereocenters. The molecule has 1 fully saturated rings. The van der Waals surface area contributed by atoms with Crippen molar-refractivity contribution in [2.45, 2.75) is 24.8 Å². The lowest BCUT2D eigenvalue weighted by Gasteiger charge is -2.40. The SMILES string of the molecule is COc1ccc(COC(=O)C(c2ccc(OC(c3ccccc3)c3ccccc3)cc2)N2CC(N)C2=O)cc1. The molecule has 2 N–H and O–H groups in total. The Morgan fingerprint density at radius 1 is 0.821 bits per heavy atom. The van der Waals surface area contributed by atoms with Crippen molar-refractivity contribution in [2.24, 2.45) is 5.73 Å². The average molecular weight is 523 g/mol. The number of methoxy groups -OCH3 is 1. The molecule has 7 heteroatoms. The van der Waals surface area contributed by atoms with Crippen LogP contribution in [0.15, 0.2) is 109 Å². The Labute approximate surface area is 227 Å². The summed E-state index contributed by atoms with van der Waals surface area (Å²) in [5.41, 5.74) is 9.31. The summed E-state index contributed by atoms with van der Waals surface area (Å²) in [6.07, 6.45) is -0.307. The van der Waals surface area contributed by atoms with Gasteiger partial charge < -0.3 is 24.8 Å². The molecule has 1 heterocycles. The summed E-state index contributed by atoms with van der Waals surface area (Å²) in [6, 6.07) is 32.9. The molecule has 39 heavy (non-hydrogen) atoms. The van der Waals surface area contributed by atoms with E-state index in [2.05, 4.69) is 0 Å². The van der Waals surface area contributed by atoms with Crippen LogP contribution in [-0.2, 0) is 20.9 Å². The monoisotopic (exact) mass is 522 g/mol. The first-order chi connectivity index (χ1) is 19.0. The van der Waals surface area contributed by atoms with Gasteiger partial charge in [0.2, 0.25) is 5.91 Å². The highest BCUT2D eigenvalue weighted by Gasteiger charge is 2.43. The van der Waals surface area contributed by atoms with Gasteiger partial charge in [-0.05, 0) is 46.5 Å². The minimum absolute atomic E-state index is 0.0738. The van der Waals surface area contributed by atoms with E-state index in [1.54, 1.807) is 31.4 Å². The van der Waals surface area contributed by atoms with Crippen molar-refractivity contribution in [3.8, 4) is 11.5 Å². The van der Waals surface area contributed by atoms with Crippen LogP contribution in [0, 0.1) is 0 Å². The number of ether oxygens (including phenoxy) is 3. The fourth-order valence-corrected chi connectivity index (χ4v) is 4.56. The van der Waals surface area contributed by atoms with Crippen molar-refractivity contribution in [3.63, 3.8) is 0 Å². The maximum atomic E-state index is 13.2. The first kappa shape index (κ1) is 26.0. The van der Waals surface area contributed by atoms with Gasteiger partial charge >= 0.3 is 5.97 Å². The third kappa shape index (κ3) is 5.94. The van der Waals surface area contributed by atoms with Gasteiger partial charge in [0.25, 0.3) is 0 Å². The van der Waals surface area contributed by atoms with Crippen molar-refractivity contribution in [3.05, 3.63) is 131 Å². The van der Waals surface area contributed by atoms with Crippen LogP contribution < -0.4 is 15.2 Å². The summed E-state index contributed by atoms with van der Waals surface area (Å²) in [7, 11) is 1.59. The van der Waals surface area contributed by atoms with E-state index in [1.807, 2.05) is 84.9 Å². The van der Waals surface area contributed by atoms with Crippen molar-refractivity contribution in [1.82, 2.24) is 4.90 Å². The molecule has 1 amide bonds. The van der Waals surface area contributed by atoms with Crippen molar-refractivity contribution >= 4 is 11.9 Å². The molecule has 7 nitrogen and oxygen atoms in total. The van der Waals surface area contributed by atoms with E-state index in [-0.39, 0.29) is 25.2 Å². The van der Waals surface area contributed by atoms with E-state index in [0.29, 0.717) is 17.1 Å². The zero-order valence-corrected chi connectivity index (χ0v) is 21.6. The fraction of sp³-hybridized carbons (Fsp3) is 0.188. The lowest BCUT2D eigenvalue weighted by molar-refractivity contribution is -0.163. The smallest absolute Gasteiger partial charge is 0.333 e. The van der Waals surface area contributed by atoms with Crippen LogP contribution >= 0.6 is 0 Å². The quantitative estimate of drug-likeness (QED) is 0.237. The van der Waals surface area contributed by atoms with Gasteiger partial charge in [0.05, 0.1) is 7.11 Å². The standard InChI is InChI=1S/C32H30N2O5/c1-37-26-16-12-22(13-17-26)21-38-32(36)29(34-20-28(33)31(34)35)23-14-18-27(19-15-23)39-30(24-8-4-2-5-9-24)25-10-6-3-7-11-25/h2-19,28-30H,20-21,33H2,1H3. The number of likely N-dealkylation sites (tertiary alicyclic amines) is 1. The first-order valence-electron chi connectivity index (χ1n) is 12.8. The van der Waals surface area contributed by atoms with E-state index < -0.39 is 18.1 Å². The van der Waals surface area contributed by atoms with Gasteiger partial charge in [-0.3, -0.25) is 4.79 Å². The number of nitrogens with zero attached hydrogens (tertiary/aromatic N) is 1. The minimum Gasteiger partial charge on any atom is -0.497 e. The van der Waals surface area contributed by atoms with Crippen molar-refractivity contribution in [1.29, 1.82) is 0 Å². The summed E-state index contributed by atoms with van der Waals surface area (Å²) < 4.78 is 17.2. The van der Waals surface area contributed by atoms with Gasteiger partial charge in [0.15, 0.2) is 6.04 Å². The zero-order valence-electron chi connectivity index (χ0n) is 21.6. The van der Waals surface area contributed by atoms with Crippen LogP contribution in [0.1, 0.15) is 34.4 Å². The van der Waals surface area contributed by atoms with E-state index >= 15 is 0 Å². The lowest BCUT2D eigenvalue weighted by Crippen LogP contribution is -2.62. The largest absolute Gasteiger partial charge is 0.497 e. The number of hydrogen-bond acceptors (Lipinski definition) is 6. The van der Waals surface area contributed by atoms with E-state index in [1.165, 1.54) is 4.90 Å². The van der Waals surface area contributed by atoms with Gasteiger partial charge in [0, 0.05) is 6.54 Å². The molecule has 1 saturated heterocycles. The second-order valence-corrected chi connectivity index (χ2v) is 9.34. The van der Waals surface area contributed by atoms with Gasteiger partial charge in [-0.25, -0.2) is 4.79 Å². The Hall–Kier alpha value is -4.62. The minimum atomic E-state index is -0.899. The highest BCUT2D eigenvalue weighted by atomic mass is 16.5. The molecule has 0 radical (unpaired) electrons. The molecule has 0 saturated carbocycles. The molecule has 0 aliphatic carbocycles. The maximum Gasteiger partial charge on any atom is 0.333 e. The highest BCUT2D eigenvalue weighted by molar-refractivity contribution is 5.92. The number of rotatable bonds is 10. The van der Waals surface area contributed by atoms with E-state index in [0.717, 1.165) is 16.7 Å². The van der Waals surface area contributed by atoms with Crippen LogP contribution in [0.25, 0.3) is 0 Å². The molecule has 2 atom stereocenters. The number of esters is 1. The molecule has 4 aromatic carbocycles. The van der Waals surface area contributed by atoms with E-state index in [4.69, 9.17) is 19.9 Å². The van der Waals surface area contributed by atoms with Crippen LogP contribution in [0.3, 0.4) is 0 Å².